The van der Waals surface area contributed by atoms with Gasteiger partial charge in [-0.1, -0.05) is 28.1 Å². The molecule has 0 radical (unpaired) electrons. The van der Waals surface area contributed by atoms with Gasteiger partial charge in [0.2, 0.25) is 5.91 Å². The molecular weight excluding hydrogens is 474 g/mol. The number of carbonyl (C=O) groups excluding carboxylic acids is 3. The number of nitrogens with one attached hydrogen (secondary N) is 3. The van der Waals surface area contributed by atoms with E-state index in [2.05, 4.69) is 31.9 Å². The fourth-order valence-corrected chi connectivity index (χ4v) is 3.16. The monoisotopic (exact) mass is 495 g/mol. The number of carbonyl (C=O) groups is 3. The van der Waals surface area contributed by atoms with Crippen LogP contribution < -0.4 is 20.7 Å². The Bertz CT molecular complexity index is 1150. The predicted molar refractivity (Wildman–Crippen MR) is 127 cm³/mol. The zero-order valence-corrected chi connectivity index (χ0v) is 19.2. The minimum absolute atomic E-state index is 0.214. The van der Waals surface area contributed by atoms with Gasteiger partial charge < -0.3 is 20.7 Å². The Balaban J connectivity index is 1.62. The van der Waals surface area contributed by atoms with Gasteiger partial charge in [-0.3, -0.25) is 14.4 Å². The third kappa shape index (κ3) is 5.95. The van der Waals surface area contributed by atoms with Gasteiger partial charge in [0.05, 0.1) is 24.9 Å². The van der Waals surface area contributed by atoms with Gasteiger partial charge in [0, 0.05) is 15.7 Å². The smallest absolute Gasteiger partial charge is 0.255 e. The van der Waals surface area contributed by atoms with Crippen molar-refractivity contribution in [3.63, 3.8) is 0 Å². The summed E-state index contributed by atoms with van der Waals surface area (Å²) in [5.41, 5.74) is 2.63. The highest BCUT2D eigenvalue weighted by molar-refractivity contribution is 9.10. The van der Waals surface area contributed by atoms with Crippen molar-refractivity contribution in [1.29, 1.82) is 0 Å². The summed E-state index contributed by atoms with van der Waals surface area (Å²) in [6.45, 7) is 1.70. The summed E-state index contributed by atoms with van der Waals surface area (Å²) in [6.07, 6.45) is 0. The van der Waals surface area contributed by atoms with E-state index in [1.807, 2.05) is 19.1 Å². The van der Waals surface area contributed by atoms with Gasteiger partial charge >= 0.3 is 0 Å². The largest absolute Gasteiger partial charge is 0.497 e. The Kier molecular flexibility index (Phi) is 7.62. The number of hydrogen-bond acceptors (Lipinski definition) is 4. The van der Waals surface area contributed by atoms with Gasteiger partial charge in [0.15, 0.2) is 0 Å². The molecule has 0 aliphatic rings. The molecule has 164 valence electrons. The van der Waals surface area contributed by atoms with Crippen LogP contribution in [0.25, 0.3) is 0 Å². The number of aryl methyl sites for hydroxylation is 1. The maximum absolute atomic E-state index is 12.7. The molecule has 0 saturated carbocycles. The maximum atomic E-state index is 12.7. The Morgan fingerprint density at radius 3 is 2.31 bits per heavy atom. The highest BCUT2D eigenvalue weighted by Gasteiger charge is 2.15. The van der Waals surface area contributed by atoms with Crippen molar-refractivity contribution in [3.8, 4) is 5.75 Å². The number of benzene rings is 3. The summed E-state index contributed by atoms with van der Waals surface area (Å²) in [5.74, 6) is -0.563. The van der Waals surface area contributed by atoms with Crippen LogP contribution in [0.1, 0.15) is 26.3 Å². The third-order valence-electron chi connectivity index (χ3n) is 4.62. The molecule has 7 nitrogen and oxygen atoms in total. The number of ether oxygens (including phenoxy) is 1. The molecule has 32 heavy (non-hydrogen) atoms. The second-order valence-electron chi connectivity index (χ2n) is 6.92. The Morgan fingerprint density at radius 1 is 0.906 bits per heavy atom. The van der Waals surface area contributed by atoms with Gasteiger partial charge in [0.1, 0.15) is 5.75 Å². The van der Waals surface area contributed by atoms with Crippen LogP contribution in [0.15, 0.2) is 71.2 Å². The zero-order chi connectivity index (χ0) is 23.1. The lowest BCUT2D eigenvalue weighted by Crippen LogP contribution is -2.33. The first-order valence-electron chi connectivity index (χ1n) is 9.76. The van der Waals surface area contributed by atoms with Crippen molar-refractivity contribution in [2.45, 2.75) is 6.92 Å². The standard InChI is InChI=1S/C24H22BrN3O4/c1-15-13-17(9-12-20(15)25)27-22(29)14-26-24(31)19-5-3-4-6-21(19)28-23(30)16-7-10-18(32-2)11-8-16/h3-13H,14H2,1-2H3,(H,26,31)(H,27,29)(H,28,30). The molecule has 0 atom stereocenters. The second-order valence-corrected chi connectivity index (χ2v) is 7.78. The summed E-state index contributed by atoms with van der Waals surface area (Å²) in [4.78, 5) is 37.4. The van der Waals surface area contributed by atoms with Crippen molar-refractivity contribution in [3.05, 3.63) is 87.9 Å². The van der Waals surface area contributed by atoms with Crippen LogP contribution in [0.2, 0.25) is 0 Å². The third-order valence-corrected chi connectivity index (χ3v) is 5.51. The van der Waals surface area contributed by atoms with Crippen molar-refractivity contribution in [2.75, 3.05) is 24.3 Å². The Hall–Kier alpha value is -3.65. The predicted octanol–water partition coefficient (Wildman–Crippen LogP) is 4.39. The molecule has 0 fully saturated rings. The van der Waals surface area contributed by atoms with Crippen LogP contribution in [0.3, 0.4) is 0 Å². The lowest BCUT2D eigenvalue weighted by Gasteiger charge is -2.12. The molecular formula is C24H22BrN3O4. The van der Waals surface area contributed by atoms with E-state index < -0.39 is 5.91 Å². The molecule has 0 bridgehead atoms. The number of halogens is 1. The zero-order valence-electron chi connectivity index (χ0n) is 17.6. The normalized spacial score (nSPS) is 10.2. The second kappa shape index (κ2) is 10.6. The van der Waals surface area contributed by atoms with Gasteiger partial charge in [-0.15, -0.1) is 0 Å². The summed E-state index contributed by atoms with van der Waals surface area (Å²) >= 11 is 3.41. The van der Waals surface area contributed by atoms with Crippen molar-refractivity contribution >= 4 is 45.0 Å². The van der Waals surface area contributed by atoms with Crippen LogP contribution in [-0.4, -0.2) is 31.4 Å². The Morgan fingerprint density at radius 2 is 1.62 bits per heavy atom. The SMILES string of the molecule is COc1ccc(C(=O)Nc2ccccc2C(=O)NCC(=O)Nc2ccc(Br)c(C)c2)cc1. The fourth-order valence-electron chi connectivity index (χ4n) is 2.91. The summed E-state index contributed by atoms with van der Waals surface area (Å²) < 4.78 is 6.03. The topological polar surface area (TPSA) is 96.5 Å². The molecule has 3 N–H and O–H groups in total. The number of para-hydroxylation sites is 1. The number of amides is 3. The van der Waals surface area contributed by atoms with Crippen LogP contribution in [0.4, 0.5) is 11.4 Å². The molecule has 0 aliphatic carbocycles. The molecule has 0 unspecified atom stereocenters. The van der Waals surface area contributed by atoms with Gasteiger partial charge in [-0.05, 0) is 67.1 Å². The van der Waals surface area contributed by atoms with E-state index in [0.29, 0.717) is 22.7 Å². The quantitative estimate of drug-likeness (QED) is 0.452. The highest BCUT2D eigenvalue weighted by Crippen LogP contribution is 2.20. The Labute approximate surface area is 194 Å². The summed E-state index contributed by atoms with van der Waals surface area (Å²) in [6, 6.07) is 18.6. The average Bonchev–Trinajstić information content (AvgIpc) is 2.80. The molecule has 0 aromatic heterocycles. The van der Waals surface area contributed by atoms with Crippen molar-refractivity contribution in [1.82, 2.24) is 5.32 Å². The van der Waals surface area contributed by atoms with Crippen LogP contribution in [-0.2, 0) is 4.79 Å². The highest BCUT2D eigenvalue weighted by atomic mass is 79.9. The van der Waals surface area contributed by atoms with E-state index in [1.165, 1.54) is 0 Å². The average molecular weight is 496 g/mol. The molecule has 0 saturated heterocycles. The lowest BCUT2D eigenvalue weighted by atomic mass is 10.1. The lowest BCUT2D eigenvalue weighted by molar-refractivity contribution is -0.115. The minimum Gasteiger partial charge on any atom is -0.497 e. The molecule has 3 amide bonds. The first-order chi connectivity index (χ1) is 15.4. The first-order valence-corrected chi connectivity index (χ1v) is 10.6. The number of methoxy groups -OCH3 is 1. The maximum Gasteiger partial charge on any atom is 0.255 e. The number of anilines is 2. The molecule has 0 spiro atoms. The van der Waals surface area contributed by atoms with E-state index in [4.69, 9.17) is 4.74 Å². The molecule has 3 rings (SSSR count). The van der Waals surface area contributed by atoms with E-state index in [1.54, 1.807) is 61.7 Å². The minimum atomic E-state index is -0.474. The van der Waals surface area contributed by atoms with E-state index in [-0.39, 0.29) is 23.9 Å². The first kappa shape index (κ1) is 23.0. The van der Waals surface area contributed by atoms with E-state index in [0.717, 1.165) is 10.0 Å². The molecule has 3 aromatic rings. The molecule has 8 heteroatoms. The van der Waals surface area contributed by atoms with E-state index in [9.17, 15) is 14.4 Å². The van der Waals surface area contributed by atoms with Crippen LogP contribution >= 0.6 is 15.9 Å². The number of rotatable bonds is 7. The van der Waals surface area contributed by atoms with Gasteiger partial charge in [-0.2, -0.15) is 0 Å². The molecule has 0 aliphatic heterocycles. The number of hydrogen-bond donors (Lipinski definition) is 3. The van der Waals surface area contributed by atoms with Gasteiger partial charge in [-0.25, -0.2) is 0 Å². The van der Waals surface area contributed by atoms with Crippen molar-refractivity contribution in [2.24, 2.45) is 0 Å². The van der Waals surface area contributed by atoms with E-state index >= 15 is 0 Å². The van der Waals surface area contributed by atoms with Gasteiger partial charge in [0.25, 0.3) is 11.8 Å². The van der Waals surface area contributed by atoms with Crippen molar-refractivity contribution < 1.29 is 19.1 Å². The van der Waals surface area contributed by atoms with Crippen LogP contribution in [0.5, 0.6) is 5.75 Å². The molecule has 3 aromatic carbocycles. The van der Waals surface area contributed by atoms with Crippen LogP contribution in [0, 0.1) is 6.92 Å². The summed E-state index contributed by atoms with van der Waals surface area (Å²) in [7, 11) is 1.55. The summed E-state index contributed by atoms with van der Waals surface area (Å²) in [5, 5.41) is 8.06. The fraction of sp³-hybridized carbons (Fsp3) is 0.125. The molecule has 0 heterocycles.